The van der Waals surface area contributed by atoms with Gasteiger partial charge in [-0.15, -0.1) is 0 Å². The summed E-state index contributed by atoms with van der Waals surface area (Å²) in [4.78, 5) is 0. The van der Waals surface area contributed by atoms with Crippen LogP contribution in [0, 0.1) is 6.92 Å². The molecule has 0 saturated carbocycles. The normalized spacial score (nSPS) is 21.9. The molecule has 22 heavy (non-hydrogen) atoms. The van der Waals surface area contributed by atoms with Crippen LogP contribution in [0.3, 0.4) is 0 Å². The molecule has 1 unspecified atom stereocenters. The molecule has 1 saturated heterocycles. The first-order valence-electron chi connectivity index (χ1n) is 8.34. The Morgan fingerprint density at radius 3 is 1.82 bits per heavy atom. The highest BCUT2D eigenvalue weighted by Gasteiger charge is 2.52. The maximum atomic E-state index is 6.23. The van der Waals surface area contributed by atoms with E-state index < -0.39 is 8.07 Å². The third-order valence-corrected chi connectivity index (χ3v) is 7.92. The van der Waals surface area contributed by atoms with E-state index in [0.717, 1.165) is 6.32 Å². The number of hydrogen-bond acceptors (Lipinski definition) is 2. The van der Waals surface area contributed by atoms with Crippen LogP contribution in [-0.2, 0) is 9.31 Å². The fraction of sp³-hybridized carbons (Fsp3) is 0.667. The van der Waals surface area contributed by atoms with Crippen molar-refractivity contribution in [2.45, 2.75) is 77.3 Å². The van der Waals surface area contributed by atoms with Gasteiger partial charge in [-0.1, -0.05) is 49.5 Å². The van der Waals surface area contributed by atoms with Gasteiger partial charge in [0.05, 0.1) is 19.3 Å². The van der Waals surface area contributed by atoms with Crippen molar-refractivity contribution in [1.82, 2.24) is 0 Å². The van der Waals surface area contributed by atoms with Crippen LogP contribution in [0.4, 0.5) is 0 Å². The monoisotopic (exact) mass is 318 g/mol. The van der Waals surface area contributed by atoms with Gasteiger partial charge in [0.1, 0.15) is 0 Å². The van der Waals surface area contributed by atoms with Crippen molar-refractivity contribution < 1.29 is 9.31 Å². The van der Waals surface area contributed by atoms with Crippen LogP contribution < -0.4 is 0 Å². The van der Waals surface area contributed by atoms with Crippen LogP contribution in [0.15, 0.2) is 24.3 Å². The Bertz CT molecular complexity index is 501. The Morgan fingerprint density at radius 2 is 1.41 bits per heavy atom. The lowest BCUT2D eigenvalue weighted by atomic mass is 9.81. The zero-order valence-electron chi connectivity index (χ0n) is 15.5. The standard InChI is InChI=1S/C18H31BO2Si/c1-14-9-11-15(12-10-14)16(22(6,7)8)13-19-20-17(2,3)18(4,5)21-19/h9-12,16H,13H2,1-8H3. The molecule has 1 aromatic carbocycles. The van der Waals surface area contributed by atoms with E-state index in [1.54, 1.807) is 0 Å². The van der Waals surface area contributed by atoms with Gasteiger partial charge in [-0.3, -0.25) is 0 Å². The second kappa shape index (κ2) is 5.81. The van der Waals surface area contributed by atoms with Gasteiger partial charge in [0.2, 0.25) is 0 Å². The molecule has 0 radical (unpaired) electrons. The third-order valence-electron chi connectivity index (χ3n) is 5.26. The summed E-state index contributed by atoms with van der Waals surface area (Å²) in [5, 5.41) is 0. The highest BCUT2D eigenvalue weighted by molar-refractivity contribution is 6.78. The molecule has 4 heteroatoms. The summed E-state index contributed by atoms with van der Waals surface area (Å²) >= 11 is 0. The maximum Gasteiger partial charge on any atom is 0.458 e. The zero-order chi connectivity index (χ0) is 16.8. The summed E-state index contributed by atoms with van der Waals surface area (Å²) in [6.45, 7) is 17.9. The van der Waals surface area contributed by atoms with E-state index in [1.165, 1.54) is 11.1 Å². The van der Waals surface area contributed by atoms with Crippen LogP contribution in [-0.4, -0.2) is 26.4 Å². The molecule has 0 spiro atoms. The van der Waals surface area contributed by atoms with Crippen molar-refractivity contribution in [1.29, 1.82) is 0 Å². The van der Waals surface area contributed by atoms with Gasteiger partial charge in [0, 0.05) is 0 Å². The Morgan fingerprint density at radius 1 is 0.955 bits per heavy atom. The Hall–Kier alpha value is -0.578. The molecule has 1 aliphatic heterocycles. The van der Waals surface area contributed by atoms with Gasteiger partial charge in [-0.2, -0.15) is 0 Å². The number of benzene rings is 1. The van der Waals surface area contributed by atoms with Crippen LogP contribution >= 0.6 is 0 Å². The molecule has 2 rings (SSSR count). The van der Waals surface area contributed by atoms with Gasteiger partial charge in [0.25, 0.3) is 0 Å². The lowest BCUT2D eigenvalue weighted by Crippen LogP contribution is -2.41. The second-order valence-electron chi connectivity index (χ2n) is 8.75. The summed E-state index contributed by atoms with van der Waals surface area (Å²) in [5.41, 5.74) is 2.81. The van der Waals surface area contributed by atoms with E-state index in [0.29, 0.717) is 5.54 Å². The van der Waals surface area contributed by atoms with E-state index >= 15 is 0 Å². The van der Waals surface area contributed by atoms with Gasteiger partial charge in [-0.25, -0.2) is 0 Å². The van der Waals surface area contributed by atoms with E-state index in [-0.39, 0.29) is 18.3 Å². The largest absolute Gasteiger partial charge is 0.458 e. The first-order chi connectivity index (χ1) is 9.92. The highest BCUT2D eigenvalue weighted by Crippen LogP contribution is 2.41. The minimum atomic E-state index is -1.37. The van der Waals surface area contributed by atoms with Gasteiger partial charge < -0.3 is 9.31 Å². The SMILES string of the molecule is Cc1ccc(C(CB2OC(C)(C)C(C)(C)O2)[Si](C)(C)C)cc1. The van der Waals surface area contributed by atoms with Crippen molar-refractivity contribution in [3.05, 3.63) is 35.4 Å². The quantitative estimate of drug-likeness (QED) is 0.723. The van der Waals surface area contributed by atoms with Gasteiger partial charge in [-0.05, 0) is 52.0 Å². The fourth-order valence-electron chi connectivity index (χ4n) is 3.04. The first-order valence-corrected chi connectivity index (χ1v) is 11.9. The lowest BCUT2D eigenvalue weighted by molar-refractivity contribution is 0.00578. The van der Waals surface area contributed by atoms with Crippen LogP contribution in [0.5, 0.6) is 0 Å². The highest BCUT2D eigenvalue weighted by atomic mass is 28.3. The predicted octanol–water partition coefficient (Wildman–Crippen LogP) is 5.05. The van der Waals surface area contributed by atoms with E-state index in [9.17, 15) is 0 Å². The van der Waals surface area contributed by atoms with Crippen LogP contribution in [0.1, 0.15) is 44.4 Å². The number of hydrogen-bond donors (Lipinski definition) is 0. The molecule has 0 bridgehead atoms. The van der Waals surface area contributed by atoms with Crippen molar-refractivity contribution >= 4 is 15.2 Å². The van der Waals surface area contributed by atoms with E-state index in [1.807, 2.05) is 0 Å². The molecule has 1 aromatic rings. The predicted molar refractivity (Wildman–Crippen MR) is 98.2 cm³/mol. The summed E-state index contributed by atoms with van der Waals surface area (Å²) < 4.78 is 12.5. The van der Waals surface area contributed by atoms with Gasteiger partial charge >= 0.3 is 7.12 Å². The van der Waals surface area contributed by atoms with E-state index in [4.69, 9.17) is 9.31 Å². The Labute approximate surface area is 137 Å². The summed E-state index contributed by atoms with van der Waals surface area (Å²) in [6, 6.07) is 8.99. The minimum absolute atomic E-state index is 0.108. The zero-order valence-corrected chi connectivity index (χ0v) is 16.5. The Kier molecular flexibility index (Phi) is 4.69. The average Bonchev–Trinajstić information content (AvgIpc) is 2.55. The number of rotatable bonds is 4. The molecule has 0 aliphatic carbocycles. The van der Waals surface area contributed by atoms with Gasteiger partial charge in [0.15, 0.2) is 0 Å². The summed E-state index contributed by atoms with van der Waals surface area (Å²) in [6.07, 6.45) is 0.950. The third kappa shape index (κ3) is 3.66. The molecule has 0 amide bonds. The van der Waals surface area contributed by atoms with Crippen LogP contribution in [0.2, 0.25) is 26.0 Å². The molecule has 1 heterocycles. The summed E-state index contributed by atoms with van der Waals surface area (Å²) in [5.74, 6) is 0. The lowest BCUT2D eigenvalue weighted by Gasteiger charge is -2.32. The first kappa shape index (κ1) is 17.8. The minimum Gasteiger partial charge on any atom is -0.403 e. The fourth-order valence-corrected chi connectivity index (χ4v) is 5.13. The molecule has 0 aromatic heterocycles. The summed E-state index contributed by atoms with van der Waals surface area (Å²) in [7, 11) is -1.47. The molecular formula is C18H31BO2Si. The topological polar surface area (TPSA) is 18.5 Å². The maximum absolute atomic E-state index is 6.23. The van der Waals surface area contributed by atoms with Crippen LogP contribution in [0.25, 0.3) is 0 Å². The molecule has 1 atom stereocenters. The molecular weight excluding hydrogens is 287 g/mol. The second-order valence-corrected chi connectivity index (χ2v) is 14.2. The molecule has 2 nitrogen and oxygen atoms in total. The molecule has 122 valence electrons. The van der Waals surface area contributed by atoms with Crippen molar-refractivity contribution in [3.8, 4) is 0 Å². The van der Waals surface area contributed by atoms with Crippen molar-refractivity contribution in [3.63, 3.8) is 0 Å². The smallest absolute Gasteiger partial charge is 0.403 e. The van der Waals surface area contributed by atoms with Crippen molar-refractivity contribution in [2.24, 2.45) is 0 Å². The molecule has 1 aliphatic rings. The van der Waals surface area contributed by atoms with E-state index in [2.05, 4.69) is 78.5 Å². The number of aryl methyl sites for hydroxylation is 1. The average molecular weight is 318 g/mol. The molecule has 1 fully saturated rings. The Balaban J connectivity index is 2.21. The molecule has 0 N–H and O–H groups in total. The van der Waals surface area contributed by atoms with Crippen molar-refractivity contribution in [2.75, 3.05) is 0 Å².